The van der Waals surface area contributed by atoms with E-state index in [9.17, 15) is 8.42 Å². The third-order valence-electron chi connectivity index (χ3n) is 2.33. The van der Waals surface area contributed by atoms with E-state index in [2.05, 4.69) is 9.82 Å². The first-order valence-electron chi connectivity index (χ1n) is 4.52. The van der Waals surface area contributed by atoms with Crippen molar-refractivity contribution in [2.24, 2.45) is 0 Å². The van der Waals surface area contributed by atoms with Gasteiger partial charge in [0, 0.05) is 30.9 Å². The van der Waals surface area contributed by atoms with Crippen LogP contribution in [0.5, 0.6) is 0 Å². The third-order valence-corrected chi connectivity index (χ3v) is 3.09. The molecule has 1 aromatic rings. The maximum absolute atomic E-state index is 11.0. The largest absolute Gasteiger partial charge is 0.269 e. The zero-order chi connectivity index (χ0) is 10.2. The van der Waals surface area contributed by atoms with E-state index in [0.29, 0.717) is 0 Å². The van der Waals surface area contributed by atoms with E-state index >= 15 is 0 Å². The fourth-order valence-electron chi connectivity index (χ4n) is 1.77. The summed E-state index contributed by atoms with van der Waals surface area (Å²) in [5, 5.41) is 4.13. The lowest BCUT2D eigenvalue weighted by molar-refractivity contribution is 0.415. The molecule has 14 heavy (non-hydrogen) atoms. The van der Waals surface area contributed by atoms with Crippen LogP contribution in [0.25, 0.3) is 0 Å². The lowest BCUT2D eigenvalue weighted by Gasteiger charge is -2.23. The highest BCUT2D eigenvalue weighted by molar-refractivity contribution is 7.88. The molecule has 0 saturated heterocycles. The Morgan fingerprint density at radius 2 is 2.43 bits per heavy atom. The average Bonchev–Trinajstić information content (AvgIpc) is 2.47. The SMILES string of the molecule is CS(=O)(=O)NC1CCn2nccc2C1. The molecule has 1 atom stereocenters. The second-order valence-electron chi connectivity index (χ2n) is 3.63. The number of sulfonamides is 1. The molecule has 0 spiro atoms. The smallest absolute Gasteiger partial charge is 0.208 e. The lowest BCUT2D eigenvalue weighted by atomic mass is 10.1. The minimum absolute atomic E-state index is 0.0224. The van der Waals surface area contributed by atoms with Gasteiger partial charge in [-0.3, -0.25) is 4.68 Å². The van der Waals surface area contributed by atoms with E-state index in [4.69, 9.17) is 0 Å². The number of hydrogen-bond donors (Lipinski definition) is 1. The van der Waals surface area contributed by atoms with Gasteiger partial charge in [-0.05, 0) is 12.5 Å². The molecule has 1 aromatic heterocycles. The molecule has 2 heterocycles. The first-order valence-corrected chi connectivity index (χ1v) is 6.42. The Morgan fingerprint density at radius 1 is 1.64 bits per heavy atom. The number of hydrogen-bond acceptors (Lipinski definition) is 3. The number of fused-ring (bicyclic) bond motifs is 1. The van der Waals surface area contributed by atoms with Crippen LogP contribution in [0.2, 0.25) is 0 Å². The van der Waals surface area contributed by atoms with Gasteiger partial charge in [0.2, 0.25) is 10.0 Å². The molecular formula is C8H13N3O2S. The topological polar surface area (TPSA) is 64.0 Å². The molecule has 1 aliphatic rings. The number of rotatable bonds is 2. The number of nitrogens with zero attached hydrogens (tertiary/aromatic N) is 2. The van der Waals surface area contributed by atoms with Crippen LogP contribution in [-0.2, 0) is 23.0 Å². The van der Waals surface area contributed by atoms with Gasteiger partial charge < -0.3 is 0 Å². The Bertz CT molecular complexity index is 424. The molecule has 0 bridgehead atoms. The molecule has 1 unspecified atom stereocenters. The Hall–Kier alpha value is -0.880. The molecule has 1 N–H and O–H groups in total. The molecule has 5 nitrogen and oxygen atoms in total. The molecule has 0 aromatic carbocycles. The fraction of sp³-hybridized carbons (Fsp3) is 0.625. The van der Waals surface area contributed by atoms with Crippen molar-refractivity contribution >= 4 is 10.0 Å². The van der Waals surface area contributed by atoms with Gasteiger partial charge in [-0.1, -0.05) is 0 Å². The molecule has 0 aliphatic carbocycles. The summed E-state index contributed by atoms with van der Waals surface area (Å²) < 4.78 is 26.6. The van der Waals surface area contributed by atoms with Crippen LogP contribution in [0.1, 0.15) is 12.1 Å². The van der Waals surface area contributed by atoms with Gasteiger partial charge in [-0.25, -0.2) is 13.1 Å². The standard InChI is InChI=1S/C8H13N3O2S/c1-14(12,13)10-7-3-5-11-8(6-7)2-4-9-11/h2,4,7,10H,3,5-6H2,1H3. The molecule has 0 saturated carbocycles. The summed E-state index contributed by atoms with van der Waals surface area (Å²) in [6.45, 7) is 0.787. The minimum Gasteiger partial charge on any atom is -0.269 e. The van der Waals surface area contributed by atoms with E-state index in [1.807, 2.05) is 10.7 Å². The normalized spacial score (nSPS) is 21.9. The van der Waals surface area contributed by atoms with Crippen molar-refractivity contribution < 1.29 is 8.42 Å². The quantitative estimate of drug-likeness (QED) is 0.739. The van der Waals surface area contributed by atoms with E-state index in [1.54, 1.807) is 6.20 Å². The average molecular weight is 215 g/mol. The highest BCUT2D eigenvalue weighted by atomic mass is 32.2. The van der Waals surface area contributed by atoms with Crippen molar-refractivity contribution in [3.8, 4) is 0 Å². The van der Waals surface area contributed by atoms with Crippen molar-refractivity contribution in [1.29, 1.82) is 0 Å². The number of aromatic nitrogens is 2. The predicted molar refractivity (Wildman–Crippen MR) is 52.3 cm³/mol. The van der Waals surface area contributed by atoms with Crippen LogP contribution in [0.4, 0.5) is 0 Å². The highest BCUT2D eigenvalue weighted by Gasteiger charge is 2.20. The molecule has 0 radical (unpaired) electrons. The summed E-state index contributed by atoms with van der Waals surface area (Å²) in [6, 6.07) is 1.95. The summed E-state index contributed by atoms with van der Waals surface area (Å²) in [5.41, 5.74) is 1.09. The van der Waals surface area contributed by atoms with E-state index in [1.165, 1.54) is 6.26 Å². The van der Waals surface area contributed by atoms with Gasteiger partial charge in [-0.15, -0.1) is 0 Å². The first kappa shape index (κ1) is 9.67. The van der Waals surface area contributed by atoms with Crippen LogP contribution in [0.15, 0.2) is 12.3 Å². The molecule has 1 aliphatic heterocycles. The van der Waals surface area contributed by atoms with Crippen LogP contribution in [0, 0.1) is 0 Å². The van der Waals surface area contributed by atoms with Crippen molar-refractivity contribution in [2.45, 2.75) is 25.4 Å². The molecular weight excluding hydrogens is 202 g/mol. The fourth-order valence-corrected chi connectivity index (χ4v) is 2.58. The summed E-state index contributed by atoms with van der Waals surface area (Å²) in [5.74, 6) is 0. The van der Waals surface area contributed by atoms with Gasteiger partial charge >= 0.3 is 0 Å². The molecule has 0 fully saturated rings. The predicted octanol–water partition coefficient (Wildman–Crippen LogP) is -0.253. The van der Waals surface area contributed by atoms with E-state index < -0.39 is 10.0 Å². The molecule has 78 valence electrons. The van der Waals surface area contributed by atoms with Crippen molar-refractivity contribution in [2.75, 3.05) is 6.26 Å². The maximum atomic E-state index is 11.0. The Morgan fingerprint density at radius 3 is 3.14 bits per heavy atom. The van der Waals surface area contributed by atoms with Gasteiger partial charge in [-0.2, -0.15) is 5.10 Å². The Balaban J connectivity index is 2.08. The third kappa shape index (κ3) is 2.13. The van der Waals surface area contributed by atoms with Gasteiger partial charge in [0.05, 0.1) is 6.26 Å². The van der Waals surface area contributed by atoms with Crippen LogP contribution >= 0.6 is 0 Å². The monoisotopic (exact) mass is 215 g/mol. The first-order chi connectivity index (χ1) is 6.54. The zero-order valence-electron chi connectivity index (χ0n) is 7.97. The van der Waals surface area contributed by atoms with Crippen molar-refractivity contribution in [3.05, 3.63) is 18.0 Å². The van der Waals surface area contributed by atoms with E-state index in [0.717, 1.165) is 25.1 Å². The number of aryl methyl sites for hydroxylation is 1. The zero-order valence-corrected chi connectivity index (χ0v) is 8.79. The maximum Gasteiger partial charge on any atom is 0.208 e. The van der Waals surface area contributed by atoms with Gasteiger partial charge in [0.1, 0.15) is 0 Å². The van der Waals surface area contributed by atoms with Crippen LogP contribution < -0.4 is 4.72 Å². The van der Waals surface area contributed by atoms with Gasteiger partial charge in [0.25, 0.3) is 0 Å². The van der Waals surface area contributed by atoms with Crippen molar-refractivity contribution in [3.63, 3.8) is 0 Å². The summed E-state index contributed by atoms with van der Waals surface area (Å²) in [6.07, 6.45) is 4.48. The van der Waals surface area contributed by atoms with Crippen LogP contribution in [0.3, 0.4) is 0 Å². The highest BCUT2D eigenvalue weighted by Crippen LogP contribution is 2.13. The van der Waals surface area contributed by atoms with Crippen LogP contribution in [-0.4, -0.2) is 30.5 Å². The molecule has 6 heteroatoms. The lowest BCUT2D eigenvalue weighted by Crippen LogP contribution is -2.39. The van der Waals surface area contributed by atoms with E-state index in [-0.39, 0.29) is 6.04 Å². The summed E-state index contributed by atoms with van der Waals surface area (Å²) >= 11 is 0. The Labute approximate surface area is 83.2 Å². The Kier molecular flexibility index (Phi) is 2.32. The van der Waals surface area contributed by atoms with Gasteiger partial charge in [0.15, 0.2) is 0 Å². The second-order valence-corrected chi connectivity index (χ2v) is 5.41. The molecule has 2 rings (SSSR count). The summed E-state index contributed by atoms with van der Waals surface area (Å²) in [4.78, 5) is 0. The van der Waals surface area contributed by atoms with Crippen molar-refractivity contribution in [1.82, 2.24) is 14.5 Å². The second kappa shape index (κ2) is 3.36. The molecule has 0 amide bonds. The number of nitrogens with one attached hydrogen (secondary N) is 1. The minimum atomic E-state index is -3.09. The summed E-state index contributed by atoms with van der Waals surface area (Å²) in [7, 11) is -3.09.